The molecular formula is C14H20. The van der Waals surface area contributed by atoms with Gasteiger partial charge in [-0.15, -0.1) is 0 Å². The fourth-order valence-corrected chi connectivity index (χ4v) is 1.43. The highest BCUT2D eigenvalue weighted by molar-refractivity contribution is 5.47. The average molecular weight is 188 g/mol. The molecule has 1 aliphatic carbocycles. The van der Waals surface area contributed by atoms with Crippen LogP contribution in [0.5, 0.6) is 0 Å². The molecule has 0 N–H and O–H groups in total. The molecule has 0 aliphatic heterocycles. The molecule has 0 nitrogen and oxygen atoms in total. The molecule has 0 radical (unpaired) electrons. The van der Waals surface area contributed by atoms with Crippen LogP contribution in [0.15, 0.2) is 47.6 Å². The van der Waals surface area contributed by atoms with Crippen LogP contribution < -0.4 is 0 Å². The minimum absolute atomic E-state index is 0.725. The summed E-state index contributed by atoms with van der Waals surface area (Å²) in [6, 6.07) is 0. The zero-order chi connectivity index (χ0) is 10.7. The Hall–Kier alpha value is -1.04. The smallest absolute Gasteiger partial charge is 0.0161 e. The zero-order valence-corrected chi connectivity index (χ0v) is 9.56. The number of hydrogen-bond acceptors (Lipinski definition) is 0. The van der Waals surface area contributed by atoms with E-state index in [1.165, 1.54) is 29.6 Å². The summed E-state index contributed by atoms with van der Waals surface area (Å²) in [6.07, 6.45) is 6.90. The maximum Gasteiger partial charge on any atom is -0.0161 e. The van der Waals surface area contributed by atoms with Crippen molar-refractivity contribution in [3.8, 4) is 0 Å². The fourth-order valence-electron chi connectivity index (χ4n) is 1.43. The molecule has 76 valence electrons. The SMILES string of the molecule is C=C(C)/C(=C\C=C(C)C)C(=C)C1CC1. The predicted molar refractivity (Wildman–Crippen MR) is 64.2 cm³/mol. The summed E-state index contributed by atoms with van der Waals surface area (Å²) >= 11 is 0. The molecule has 0 aromatic heterocycles. The van der Waals surface area contributed by atoms with Crippen LogP contribution in [0, 0.1) is 5.92 Å². The Balaban J connectivity index is 2.82. The Morgan fingerprint density at radius 1 is 1.07 bits per heavy atom. The summed E-state index contributed by atoms with van der Waals surface area (Å²) in [6.45, 7) is 14.4. The maximum atomic E-state index is 4.16. The molecule has 1 fully saturated rings. The molecule has 0 aromatic rings. The van der Waals surface area contributed by atoms with E-state index in [2.05, 4.69) is 46.1 Å². The maximum absolute atomic E-state index is 4.16. The minimum Gasteiger partial charge on any atom is -0.0955 e. The van der Waals surface area contributed by atoms with Gasteiger partial charge in [-0.2, -0.15) is 0 Å². The molecule has 0 unspecified atom stereocenters. The van der Waals surface area contributed by atoms with Crippen LogP contribution in [-0.4, -0.2) is 0 Å². The van der Waals surface area contributed by atoms with Crippen LogP contribution in [0.2, 0.25) is 0 Å². The third kappa shape index (κ3) is 3.02. The molecule has 0 bridgehead atoms. The van der Waals surface area contributed by atoms with Gasteiger partial charge in [0.2, 0.25) is 0 Å². The molecule has 0 atom stereocenters. The lowest BCUT2D eigenvalue weighted by Gasteiger charge is -2.08. The molecule has 0 saturated heterocycles. The summed E-state index contributed by atoms with van der Waals surface area (Å²) in [4.78, 5) is 0. The first-order valence-electron chi connectivity index (χ1n) is 5.22. The van der Waals surface area contributed by atoms with Crippen LogP contribution in [0.4, 0.5) is 0 Å². The summed E-state index contributed by atoms with van der Waals surface area (Å²) in [5.74, 6) is 0.725. The summed E-state index contributed by atoms with van der Waals surface area (Å²) < 4.78 is 0. The van der Waals surface area contributed by atoms with Gasteiger partial charge in [0.05, 0.1) is 0 Å². The van der Waals surface area contributed by atoms with Crippen molar-refractivity contribution in [3.63, 3.8) is 0 Å². The quantitative estimate of drug-likeness (QED) is 0.573. The van der Waals surface area contributed by atoms with Gasteiger partial charge in [-0.25, -0.2) is 0 Å². The topological polar surface area (TPSA) is 0 Å². The number of hydrogen-bond donors (Lipinski definition) is 0. The Morgan fingerprint density at radius 2 is 1.64 bits per heavy atom. The summed E-state index contributed by atoms with van der Waals surface area (Å²) in [5.41, 5.74) is 4.95. The standard InChI is InChI=1S/C14H20/c1-10(2)6-9-14(11(3)4)12(5)13-7-8-13/h6,9,13H,3,5,7-8H2,1-2,4H3/b14-9+. The molecule has 0 amide bonds. The van der Waals surface area contributed by atoms with Gasteiger partial charge in [0, 0.05) is 0 Å². The van der Waals surface area contributed by atoms with Crippen molar-refractivity contribution in [1.82, 2.24) is 0 Å². The zero-order valence-electron chi connectivity index (χ0n) is 9.56. The van der Waals surface area contributed by atoms with Crippen molar-refractivity contribution in [2.24, 2.45) is 5.92 Å². The molecule has 1 aliphatic rings. The van der Waals surface area contributed by atoms with Crippen molar-refractivity contribution >= 4 is 0 Å². The van der Waals surface area contributed by atoms with E-state index in [0.717, 1.165) is 11.5 Å². The van der Waals surface area contributed by atoms with E-state index < -0.39 is 0 Å². The Labute approximate surface area is 87.7 Å². The van der Waals surface area contributed by atoms with E-state index in [1.807, 2.05) is 0 Å². The van der Waals surface area contributed by atoms with E-state index >= 15 is 0 Å². The normalized spacial score (nSPS) is 16.4. The minimum atomic E-state index is 0.725. The second-order valence-electron chi connectivity index (χ2n) is 4.40. The van der Waals surface area contributed by atoms with Crippen LogP contribution in [0.1, 0.15) is 33.6 Å². The van der Waals surface area contributed by atoms with Crippen LogP contribution >= 0.6 is 0 Å². The van der Waals surface area contributed by atoms with Gasteiger partial charge in [0.15, 0.2) is 0 Å². The van der Waals surface area contributed by atoms with Gasteiger partial charge in [-0.3, -0.25) is 0 Å². The van der Waals surface area contributed by atoms with Gasteiger partial charge in [-0.05, 0) is 50.7 Å². The van der Waals surface area contributed by atoms with Crippen LogP contribution in [0.25, 0.3) is 0 Å². The van der Waals surface area contributed by atoms with Gasteiger partial charge in [0.1, 0.15) is 0 Å². The third-order valence-corrected chi connectivity index (χ3v) is 2.46. The number of rotatable bonds is 4. The van der Waals surface area contributed by atoms with E-state index in [9.17, 15) is 0 Å². The molecule has 14 heavy (non-hydrogen) atoms. The Bertz CT molecular complexity index is 305. The van der Waals surface area contributed by atoms with E-state index in [1.54, 1.807) is 0 Å². The van der Waals surface area contributed by atoms with Crippen LogP contribution in [0.3, 0.4) is 0 Å². The van der Waals surface area contributed by atoms with E-state index in [0.29, 0.717) is 0 Å². The first-order valence-corrected chi connectivity index (χ1v) is 5.22. The molecule has 1 saturated carbocycles. The van der Waals surface area contributed by atoms with Crippen molar-refractivity contribution in [2.45, 2.75) is 33.6 Å². The largest absolute Gasteiger partial charge is 0.0955 e. The second-order valence-corrected chi connectivity index (χ2v) is 4.40. The van der Waals surface area contributed by atoms with Gasteiger partial charge < -0.3 is 0 Å². The highest BCUT2D eigenvalue weighted by Crippen LogP contribution is 2.40. The van der Waals surface area contributed by atoms with Crippen molar-refractivity contribution in [3.05, 3.63) is 47.6 Å². The highest BCUT2D eigenvalue weighted by atomic mass is 14.3. The first kappa shape index (κ1) is 11.0. The van der Waals surface area contributed by atoms with Crippen molar-refractivity contribution in [2.75, 3.05) is 0 Å². The summed E-state index contributed by atoms with van der Waals surface area (Å²) in [5, 5.41) is 0. The number of allylic oxidation sites excluding steroid dienone is 6. The van der Waals surface area contributed by atoms with Crippen LogP contribution in [-0.2, 0) is 0 Å². The average Bonchev–Trinajstić information content (AvgIpc) is 2.84. The fraction of sp³-hybridized carbons (Fsp3) is 0.429. The third-order valence-electron chi connectivity index (χ3n) is 2.46. The second kappa shape index (κ2) is 4.45. The van der Waals surface area contributed by atoms with E-state index in [-0.39, 0.29) is 0 Å². The first-order chi connectivity index (χ1) is 6.52. The monoisotopic (exact) mass is 188 g/mol. The van der Waals surface area contributed by atoms with Gasteiger partial charge in [-0.1, -0.05) is 36.5 Å². The lowest BCUT2D eigenvalue weighted by Crippen LogP contribution is -1.91. The molecule has 0 aromatic carbocycles. The lowest BCUT2D eigenvalue weighted by atomic mass is 9.97. The van der Waals surface area contributed by atoms with E-state index in [4.69, 9.17) is 0 Å². The molecule has 0 spiro atoms. The van der Waals surface area contributed by atoms with Gasteiger partial charge >= 0.3 is 0 Å². The Morgan fingerprint density at radius 3 is 2.00 bits per heavy atom. The predicted octanol–water partition coefficient (Wildman–Crippen LogP) is 4.42. The lowest BCUT2D eigenvalue weighted by molar-refractivity contribution is 1.03. The molecule has 0 heteroatoms. The Kier molecular flexibility index (Phi) is 3.51. The molecule has 1 rings (SSSR count). The molecule has 0 heterocycles. The highest BCUT2D eigenvalue weighted by Gasteiger charge is 2.26. The van der Waals surface area contributed by atoms with Crippen molar-refractivity contribution < 1.29 is 0 Å². The summed E-state index contributed by atoms with van der Waals surface area (Å²) in [7, 11) is 0. The molecular weight excluding hydrogens is 168 g/mol. The van der Waals surface area contributed by atoms with Gasteiger partial charge in [0.25, 0.3) is 0 Å². The van der Waals surface area contributed by atoms with Crippen molar-refractivity contribution in [1.29, 1.82) is 0 Å².